The van der Waals surface area contributed by atoms with Gasteiger partial charge in [0.2, 0.25) is 0 Å². The van der Waals surface area contributed by atoms with Crippen LogP contribution in [0.2, 0.25) is 0 Å². The zero-order valence-corrected chi connectivity index (χ0v) is 11.8. The van der Waals surface area contributed by atoms with Gasteiger partial charge in [-0.2, -0.15) is 0 Å². The van der Waals surface area contributed by atoms with Crippen LogP contribution in [0.15, 0.2) is 24.3 Å². The standard InChI is InChI=1S/C15H23N3O/c1-12(2)17-15(19)14-5-3-4-13(10-14)11-18-8-6-16-7-9-18/h3-5,10,12,16H,6-9,11H2,1-2H3,(H,17,19). The molecule has 1 heterocycles. The third-order valence-electron chi connectivity index (χ3n) is 3.22. The number of carbonyl (C=O) groups excluding carboxylic acids is 1. The van der Waals surface area contributed by atoms with Crippen molar-refractivity contribution >= 4 is 5.91 Å². The monoisotopic (exact) mass is 261 g/mol. The first-order valence-corrected chi connectivity index (χ1v) is 6.98. The second-order valence-corrected chi connectivity index (χ2v) is 5.35. The van der Waals surface area contributed by atoms with Gasteiger partial charge >= 0.3 is 0 Å². The fourth-order valence-corrected chi connectivity index (χ4v) is 2.28. The van der Waals surface area contributed by atoms with Crippen LogP contribution in [0.4, 0.5) is 0 Å². The molecule has 1 aromatic rings. The normalized spacial score (nSPS) is 16.6. The molecule has 2 N–H and O–H groups in total. The predicted octanol–water partition coefficient (Wildman–Crippen LogP) is 1.23. The third-order valence-corrected chi connectivity index (χ3v) is 3.22. The minimum atomic E-state index is 0.0113. The summed E-state index contributed by atoms with van der Waals surface area (Å²) in [5.41, 5.74) is 1.96. The van der Waals surface area contributed by atoms with Crippen LogP contribution in [-0.4, -0.2) is 43.0 Å². The number of carbonyl (C=O) groups is 1. The number of nitrogens with zero attached hydrogens (tertiary/aromatic N) is 1. The van der Waals surface area contributed by atoms with Gasteiger partial charge in [0.15, 0.2) is 0 Å². The first kappa shape index (κ1) is 14.0. The number of amides is 1. The van der Waals surface area contributed by atoms with E-state index in [2.05, 4.69) is 21.6 Å². The van der Waals surface area contributed by atoms with Crippen LogP contribution in [0, 0.1) is 0 Å². The molecule has 1 saturated heterocycles. The van der Waals surface area contributed by atoms with Gasteiger partial charge in [0.1, 0.15) is 0 Å². The Morgan fingerprint density at radius 3 is 2.79 bits per heavy atom. The maximum absolute atomic E-state index is 12.0. The lowest BCUT2D eigenvalue weighted by atomic mass is 10.1. The van der Waals surface area contributed by atoms with Crippen molar-refractivity contribution < 1.29 is 4.79 Å². The Hall–Kier alpha value is -1.39. The van der Waals surface area contributed by atoms with Gasteiger partial charge in [-0.3, -0.25) is 9.69 Å². The molecule has 0 bridgehead atoms. The number of piperazine rings is 1. The Morgan fingerprint density at radius 2 is 2.11 bits per heavy atom. The molecule has 4 heteroatoms. The van der Waals surface area contributed by atoms with E-state index in [-0.39, 0.29) is 11.9 Å². The van der Waals surface area contributed by atoms with E-state index in [1.54, 1.807) is 0 Å². The van der Waals surface area contributed by atoms with E-state index in [0.717, 1.165) is 38.3 Å². The summed E-state index contributed by atoms with van der Waals surface area (Å²) in [4.78, 5) is 14.4. The third kappa shape index (κ3) is 4.33. The summed E-state index contributed by atoms with van der Waals surface area (Å²) < 4.78 is 0. The van der Waals surface area contributed by atoms with Crippen LogP contribution in [0.25, 0.3) is 0 Å². The molecule has 19 heavy (non-hydrogen) atoms. The quantitative estimate of drug-likeness (QED) is 0.857. The van der Waals surface area contributed by atoms with Gasteiger partial charge in [-0.1, -0.05) is 12.1 Å². The SMILES string of the molecule is CC(C)NC(=O)c1cccc(CN2CCNCC2)c1. The number of rotatable bonds is 4. The maximum atomic E-state index is 12.0. The molecule has 0 atom stereocenters. The zero-order chi connectivity index (χ0) is 13.7. The van der Waals surface area contributed by atoms with Gasteiger partial charge < -0.3 is 10.6 Å². The van der Waals surface area contributed by atoms with Gasteiger partial charge in [0, 0.05) is 44.3 Å². The smallest absolute Gasteiger partial charge is 0.251 e. The van der Waals surface area contributed by atoms with Crippen LogP contribution in [0.5, 0.6) is 0 Å². The van der Waals surface area contributed by atoms with Crippen molar-refractivity contribution in [1.29, 1.82) is 0 Å². The second kappa shape index (κ2) is 6.68. The minimum Gasteiger partial charge on any atom is -0.350 e. The highest BCUT2D eigenvalue weighted by Gasteiger charge is 2.11. The minimum absolute atomic E-state index is 0.0113. The van der Waals surface area contributed by atoms with E-state index < -0.39 is 0 Å². The van der Waals surface area contributed by atoms with Crippen LogP contribution >= 0.6 is 0 Å². The van der Waals surface area contributed by atoms with Crippen LogP contribution < -0.4 is 10.6 Å². The Morgan fingerprint density at radius 1 is 1.37 bits per heavy atom. The Labute approximate surface area is 115 Å². The number of nitrogens with one attached hydrogen (secondary N) is 2. The summed E-state index contributed by atoms with van der Waals surface area (Å²) in [5, 5.41) is 6.27. The fourth-order valence-electron chi connectivity index (χ4n) is 2.28. The molecule has 0 spiro atoms. The number of hydrogen-bond acceptors (Lipinski definition) is 3. The molecular weight excluding hydrogens is 238 g/mol. The first-order valence-electron chi connectivity index (χ1n) is 6.98. The van der Waals surface area contributed by atoms with Crippen molar-refractivity contribution in [3.8, 4) is 0 Å². The molecule has 1 amide bonds. The van der Waals surface area contributed by atoms with Crippen molar-refractivity contribution in [3.05, 3.63) is 35.4 Å². The summed E-state index contributed by atoms with van der Waals surface area (Å²) in [7, 11) is 0. The molecule has 2 rings (SSSR count). The van der Waals surface area contributed by atoms with E-state index in [1.165, 1.54) is 5.56 Å². The Bertz CT molecular complexity index is 425. The van der Waals surface area contributed by atoms with Crippen molar-refractivity contribution in [2.24, 2.45) is 0 Å². The molecule has 4 nitrogen and oxygen atoms in total. The van der Waals surface area contributed by atoms with Gasteiger partial charge in [-0.05, 0) is 31.5 Å². The van der Waals surface area contributed by atoms with E-state index in [0.29, 0.717) is 0 Å². The summed E-state index contributed by atoms with van der Waals surface area (Å²) in [6.07, 6.45) is 0. The topological polar surface area (TPSA) is 44.4 Å². The fraction of sp³-hybridized carbons (Fsp3) is 0.533. The lowest BCUT2D eigenvalue weighted by Gasteiger charge is -2.27. The second-order valence-electron chi connectivity index (χ2n) is 5.35. The molecule has 1 aliphatic rings. The van der Waals surface area contributed by atoms with Crippen molar-refractivity contribution in [1.82, 2.24) is 15.5 Å². The largest absolute Gasteiger partial charge is 0.350 e. The van der Waals surface area contributed by atoms with Crippen LogP contribution in [-0.2, 0) is 6.54 Å². The van der Waals surface area contributed by atoms with E-state index >= 15 is 0 Å². The number of hydrogen-bond donors (Lipinski definition) is 2. The highest BCUT2D eigenvalue weighted by Crippen LogP contribution is 2.09. The highest BCUT2D eigenvalue weighted by molar-refractivity contribution is 5.94. The zero-order valence-electron chi connectivity index (χ0n) is 11.8. The molecule has 0 aliphatic carbocycles. The predicted molar refractivity (Wildman–Crippen MR) is 77.2 cm³/mol. The Kier molecular flexibility index (Phi) is 4.93. The molecule has 1 aliphatic heterocycles. The highest BCUT2D eigenvalue weighted by atomic mass is 16.1. The summed E-state index contributed by atoms with van der Waals surface area (Å²) in [5.74, 6) is 0.0113. The molecule has 0 saturated carbocycles. The van der Waals surface area contributed by atoms with Crippen LogP contribution in [0.1, 0.15) is 29.8 Å². The molecule has 1 aromatic carbocycles. The van der Waals surface area contributed by atoms with Gasteiger partial charge in [-0.15, -0.1) is 0 Å². The lowest BCUT2D eigenvalue weighted by Crippen LogP contribution is -2.42. The van der Waals surface area contributed by atoms with Crippen molar-refractivity contribution in [3.63, 3.8) is 0 Å². The van der Waals surface area contributed by atoms with E-state index in [4.69, 9.17) is 0 Å². The molecule has 104 valence electrons. The van der Waals surface area contributed by atoms with Crippen LogP contribution in [0.3, 0.4) is 0 Å². The molecule has 1 fully saturated rings. The molecule has 0 radical (unpaired) electrons. The average molecular weight is 261 g/mol. The lowest BCUT2D eigenvalue weighted by molar-refractivity contribution is 0.0943. The van der Waals surface area contributed by atoms with Crippen molar-refractivity contribution in [2.75, 3.05) is 26.2 Å². The van der Waals surface area contributed by atoms with Crippen molar-refractivity contribution in [2.45, 2.75) is 26.4 Å². The summed E-state index contributed by atoms with van der Waals surface area (Å²) in [6, 6.07) is 8.10. The summed E-state index contributed by atoms with van der Waals surface area (Å²) in [6.45, 7) is 9.11. The molecule has 0 unspecified atom stereocenters. The Balaban J connectivity index is 1.99. The average Bonchev–Trinajstić information content (AvgIpc) is 2.39. The molecule has 0 aromatic heterocycles. The van der Waals surface area contributed by atoms with E-state index in [1.807, 2.05) is 32.0 Å². The van der Waals surface area contributed by atoms with E-state index in [9.17, 15) is 4.79 Å². The molecular formula is C15H23N3O. The van der Waals surface area contributed by atoms with Gasteiger partial charge in [-0.25, -0.2) is 0 Å². The summed E-state index contributed by atoms with van der Waals surface area (Å²) >= 11 is 0. The van der Waals surface area contributed by atoms with Gasteiger partial charge in [0.25, 0.3) is 5.91 Å². The van der Waals surface area contributed by atoms with Gasteiger partial charge in [0.05, 0.1) is 0 Å². The maximum Gasteiger partial charge on any atom is 0.251 e. The first-order chi connectivity index (χ1) is 9.15. The number of benzene rings is 1.